The zero-order valence-corrected chi connectivity index (χ0v) is 20.6. The van der Waals surface area contributed by atoms with Gasteiger partial charge in [0.15, 0.2) is 13.7 Å². The summed E-state index contributed by atoms with van der Waals surface area (Å²) in [5.74, 6) is -0.550. The molecule has 2 aromatic heterocycles. The van der Waals surface area contributed by atoms with Crippen LogP contribution in [0, 0.1) is 0 Å². The lowest BCUT2D eigenvalue weighted by atomic mass is 10.1. The van der Waals surface area contributed by atoms with Crippen molar-refractivity contribution < 1.29 is 22.7 Å². The summed E-state index contributed by atoms with van der Waals surface area (Å²) in [6.45, 7) is 2.51. The lowest BCUT2D eigenvalue weighted by Crippen LogP contribution is -2.41. The van der Waals surface area contributed by atoms with E-state index in [0.29, 0.717) is 37.3 Å². The number of carbonyl (C=O) groups is 2. The van der Waals surface area contributed by atoms with Crippen LogP contribution >= 0.6 is 0 Å². The number of hydrogen-bond acceptors (Lipinski definition) is 6. The Morgan fingerprint density at radius 1 is 1.06 bits per heavy atom. The molecule has 0 aliphatic carbocycles. The van der Waals surface area contributed by atoms with Crippen molar-refractivity contribution in [2.45, 2.75) is 30.7 Å². The fraction of sp³-hybridized carbons (Fsp3) is 0.292. The fourth-order valence-corrected chi connectivity index (χ4v) is 4.65. The molecule has 3 N–H and O–H groups in total. The third-order valence-corrected chi connectivity index (χ3v) is 6.76. The second-order valence-electron chi connectivity index (χ2n) is 8.13. The van der Waals surface area contributed by atoms with Gasteiger partial charge in [0.1, 0.15) is 5.75 Å². The summed E-state index contributed by atoms with van der Waals surface area (Å²) >= 11 is 0. The Hall–Kier alpha value is -3.64. The Balaban J connectivity index is 1.59. The minimum Gasteiger partial charge on any atom is -0.493 e. The first-order chi connectivity index (χ1) is 17.2. The van der Waals surface area contributed by atoms with Gasteiger partial charge in [-0.2, -0.15) is 0 Å². The maximum absolute atomic E-state index is 12.7. The number of fused-ring (bicyclic) bond motifs is 1. The van der Waals surface area contributed by atoms with Crippen LogP contribution in [0.4, 0.5) is 4.79 Å². The van der Waals surface area contributed by atoms with Crippen molar-refractivity contribution in [2.75, 3.05) is 19.7 Å². The SMILES string of the molecule is [B]C(=O)NCCCCOc1ccn2c(=O)cc(C(=O)NC[C@@H](C)NS(=O)(=O)c3ccccc3)cc2c1. The molecule has 36 heavy (non-hydrogen) atoms. The van der Waals surface area contributed by atoms with Crippen LogP contribution in [-0.2, 0) is 10.0 Å². The van der Waals surface area contributed by atoms with Gasteiger partial charge in [-0.1, -0.05) is 18.2 Å². The smallest absolute Gasteiger partial charge is 0.255 e. The largest absolute Gasteiger partial charge is 0.493 e. The van der Waals surface area contributed by atoms with Gasteiger partial charge < -0.3 is 15.4 Å². The predicted molar refractivity (Wildman–Crippen MR) is 136 cm³/mol. The first kappa shape index (κ1) is 27.0. The van der Waals surface area contributed by atoms with Gasteiger partial charge in [0.25, 0.3) is 11.5 Å². The van der Waals surface area contributed by atoms with Gasteiger partial charge in [-0.05, 0) is 44.0 Å². The van der Waals surface area contributed by atoms with Crippen LogP contribution in [0.2, 0.25) is 0 Å². The molecule has 3 aromatic rings. The lowest BCUT2D eigenvalue weighted by Gasteiger charge is -2.15. The number of rotatable bonds is 12. The van der Waals surface area contributed by atoms with E-state index in [9.17, 15) is 22.8 Å². The topological polar surface area (TPSA) is 135 Å². The van der Waals surface area contributed by atoms with Crippen molar-refractivity contribution in [3.8, 4) is 5.75 Å². The van der Waals surface area contributed by atoms with Crippen LogP contribution in [0.15, 0.2) is 70.5 Å². The Morgan fingerprint density at radius 3 is 2.53 bits per heavy atom. The third kappa shape index (κ3) is 7.69. The average molecular weight is 510 g/mol. The Bertz CT molecular complexity index is 1380. The van der Waals surface area contributed by atoms with Crippen molar-refractivity contribution in [1.29, 1.82) is 0 Å². The Kier molecular flexibility index (Phi) is 9.26. The summed E-state index contributed by atoms with van der Waals surface area (Å²) in [4.78, 5) is 36.0. The summed E-state index contributed by atoms with van der Waals surface area (Å²) in [6.07, 6.45) is 2.94. The molecule has 0 aliphatic rings. The molecular weight excluding hydrogens is 483 g/mol. The van der Waals surface area contributed by atoms with Gasteiger partial charge in [0.05, 0.1) is 17.0 Å². The highest BCUT2D eigenvalue weighted by atomic mass is 32.2. The van der Waals surface area contributed by atoms with Crippen molar-refractivity contribution in [3.63, 3.8) is 0 Å². The average Bonchev–Trinajstić information content (AvgIpc) is 2.84. The number of amides is 2. The lowest BCUT2D eigenvalue weighted by molar-refractivity contribution is 0.0951. The van der Waals surface area contributed by atoms with Crippen LogP contribution in [0.3, 0.4) is 0 Å². The molecule has 0 unspecified atom stereocenters. The number of benzene rings is 1. The predicted octanol–water partition coefficient (Wildman–Crippen LogP) is 1.43. The quantitative estimate of drug-likeness (QED) is 0.249. The monoisotopic (exact) mass is 510 g/mol. The van der Waals surface area contributed by atoms with Crippen LogP contribution in [0.1, 0.15) is 30.1 Å². The Labute approximate surface area is 210 Å². The first-order valence-electron chi connectivity index (χ1n) is 11.3. The van der Waals surface area contributed by atoms with Crippen LogP contribution < -0.4 is 25.7 Å². The number of carbonyl (C=O) groups excluding carboxylic acids is 2. The zero-order chi connectivity index (χ0) is 26.1. The van der Waals surface area contributed by atoms with Crippen LogP contribution in [-0.4, -0.2) is 58.1 Å². The van der Waals surface area contributed by atoms with E-state index in [4.69, 9.17) is 12.6 Å². The molecule has 0 saturated carbocycles. The highest BCUT2D eigenvalue weighted by Gasteiger charge is 2.18. The van der Waals surface area contributed by atoms with Gasteiger partial charge in [-0.15, -0.1) is 0 Å². The van der Waals surface area contributed by atoms with Crippen molar-refractivity contribution >= 4 is 35.1 Å². The van der Waals surface area contributed by atoms with E-state index in [0.717, 1.165) is 0 Å². The summed E-state index contributed by atoms with van der Waals surface area (Å²) in [6, 6.07) is 13.4. The molecule has 2 heterocycles. The number of pyridine rings is 2. The van der Waals surface area contributed by atoms with Crippen LogP contribution in [0.5, 0.6) is 5.75 Å². The molecule has 2 radical (unpaired) electrons. The number of nitrogens with zero attached hydrogens (tertiary/aromatic N) is 1. The minimum atomic E-state index is -3.72. The number of unbranched alkanes of at least 4 members (excludes halogenated alkanes) is 1. The molecule has 0 bridgehead atoms. The van der Waals surface area contributed by atoms with E-state index in [1.807, 2.05) is 0 Å². The van der Waals surface area contributed by atoms with E-state index >= 15 is 0 Å². The summed E-state index contributed by atoms with van der Waals surface area (Å²) in [7, 11) is 1.29. The number of hydrogen-bond donors (Lipinski definition) is 3. The zero-order valence-electron chi connectivity index (χ0n) is 19.8. The molecular formula is C24H27BN4O6S. The third-order valence-electron chi connectivity index (χ3n) is 5.16. The highest BCUT2D eigenvalue weighted by Crippen LogP contribution is 2.15. The summed E-state index contributed by atoms with van der Waals surface area (Å²) in [5, 5.41) is 5.16. The second-order valence-corrected chi connectivity index (χ2v) is 9.85. The molecule has 188 valence electrons. The maximum atomic E-state index is 12.7. The van der Waals surface area contributed by atoms with E-state index < -0.39 is 27.8 Å². The molecule has 0 saturated heterocycles. The molecule has 0 fully saturated rings. The molecule has 2 amide bonds. The normalized spacial score (nSPS) is 12.1. The fourth-order valence-electron chi connectivity index (χ4n) is 3.38. The van der Waals surface area contributed by atoms with Gasteiger partial charge in [0.2, 0.25) is 10.0 Å². The molecule has 3 rings (SSSR count). The van der Waals surface area contributed by atoms with Crippen molar-refractivity contribution in [3.05, 3.63) is 76.7 Å². The summed E-state index contributed by atoms with van der Waals surface area (Å²) < 4.78 is 34.5. The molecule has 10 nitrogen and oxygen atoms in total. The van der Waals surface area contributed by atoms with E-state index in [1.54, 1.807) is 49.5 Å². The van der Waals surface area contributed by atoms with E-state index in [-0.39, 0.29) is 22.6 Å². The maximum Gasteiger partial charge on any atom is 0.255 e. The number of sulfonamides is 1. The minimum absolute atomic E-state index is 0.0258. The number of aromatic nitrogens is 1. The van der Waals surface area contributed by atoms with Crippen molar-refractivity contribution in [2.24, 2.45) is 0 Å². The molecule has 0 spiro atoms. The van der Waals surface area contributed by atoms with Crippen molar-refractivity contribution in [1.82, 2.24) is 19.8 Å². The molecule has 0 aliphatic heterocycles. The van der Waals surface area contributed by atoms with Gasteiger partial charge in [-0.3, -0.25) is 18.8 Å². The van der Waals surface area contributed by atoms with E-state index in [2.05, 4.69) is 15.4 Å². The van der Waals surface area contributed by atoms with E-state index in [1.165, 1.54) is 22.6 Å². The first-order valence-corrected chi connectivity index (χ1v) is 12.8. The second kappa shape index (κ2) is 12.4. The molecule has 1 atom stereocenters. The van der Waals surface area contributed by atoms with Crippen LogP contribution in [0.25, 0.3) is 5.52 Å². The van der Waals surface area contributed by atoms with Gasteiger partial charge in [0, 0.05) is 43.0 Å². The molecule has 1 aromatic carbocycles. The summed E-state index contributed by atoms with van der Waals surface area (Å²) in [5.41, 5.74) is 0.228. The number of nitrogens with one attached hydrogen (secondary N) is 3. The Morgan fingerprint density at radius 2 is 1.81 bits per heavy atom. The standard InChI is InChI=1S/C24H27BN4O6S/c1-17(28-36(33,34)21-7-3-2-4-8-21)16-27-23(31)18-13-19-15-20(9-11-29(19)22(30)14-18)35-12-6-5-10-26-24(25)32/h2-4,7-9,11,13-15,17,28H,5-6,10,12,16H2,1H3,(H,26,32)(H,27,31)/t17-/m1/s1. The number of ether oxygens (including phenoxy) is 1. The molecule has 12 heteroatoms. The highest BCUT2D eigenvalue weighted by molar-refractivity contribution is 7.89. The van der Waals surface area contributed by atoms with Gasteiger partial charge in [-0.25, -0.2) is 13.1 Å². The van der Waals surface area contributed by atoms with Gasteiger partial charge >= 0.3 is 0 Å².